The van der Waals surface area contributed by atoms with E-state index in [1.807, 2.05) is 34.6 Å². The van der Waals surface area contributed by atoms with Crippen LogP contribution in [0.25, 0.3) is 21.7 Å². The third kappa shape index (κ3) is 33.2. The van der Waals surface area contributed by atoms with E-state index in [4.69, 9.17) is 35.7 Å². The van der Waals surface area contributed by atoms with Gasteiger partial charge in [-0.2, -0.15) is 0 Å². The number of aromatic amines is 1. The van der Waals surface area contributed by atoms with Crippen LogP contribution in [0.2, 0.25) is 0 Å². The second-order valence-electron chi connectivity index (χ2n) is 34.5. The molecular formula is C90H121N20O22P3S2. The molecule has 17 amide bonds. The number of carbonyl (C=O) groups is 18. The smallest absolute Gasteiger partial charge is 0.308 e. The second-order valence-corrected chi connectivity index (χ2v) is 38.7. The molecule has 2 fully saturated rings. The molecule has 0 spiro atoms. The number of nitrogens with one attached hydrogen (secondary N) is 14. The van der Waals surface area contributed by atoms with Crippen molar-refractivity contribution in [2.45, 2.75) is 226 Å². The van der Waals surface area contributed by atoms with Crippen LogP contribution in [-0.2, 0) is 126 Å². The summed E-state index contributed by atoms with van der Waals surface area (Å²) in [6, 6.07) is 8.35. The monoisotopic (exact) mass is 1990 g/mol. The Morgan fingerprint density at radius 3 is 1.91 bits per heavy atom. The number of amides is 17. The van der Waals surface area contributed by atoms with Gasteiger partial charge in [0.1, 0.15) is 84.4 Å². The first-order valence-corrected chi connectivity index (χ1v) is 47.6. The summed E-state index contributed by atoms with van der Waals surface area (Å²) < 4.78 is 22.7. The van der Waals surface area contributed by atoms with E-state index in [9.17, 15) is 47.9 Å². The average molecular weight is 1990 g/mol. The van der Waals surface area contributed by atoms with E-state index in [1.54, 1.807) is 94.5 Å². The van der Waals surface area contributed by atoms with Gasteiger partial charge in [-0.15, -0.1) is 0 Å². The van der Waals surface area contributed by atoms with Gasteiger partial charge in [-0.25, -0.2) is 0 Å². The fourth-order valence-corrected chi connectivity index (χ4v) is 18.5. The van der Waals surface area contributed by atoms with Gasteiger partial charge in [0.2, 0.25) is 100 Å². The van der Waals surface area contributed by atoms with Crippen molar-refractivity contribution in [3.8, 4) is 5.75 Å². The number of unbranched alkanes of at least 4 members (excludes halogenated alkanes) is 1. The Morgan fingerprint density at radius 1 is 0.642 bits per heavy atom. The maximum absolute atomic E-state index is 16.4. The molecule has 4 heterocycles. The number of rotatable bonds is 42. The number of fused-ring (bicyclic) bond motifs is 2. The van der Waals surface area contributed by atoms with Crippen LogP contribution in [0.15, 0.2) is 120 Å². The molecule has 2 aromatic heterocycles. The minimum absolute atomic E-state index is 0.108. The summed E-state index contributed by atoms with van der Waals surface area (Å²) in [5, 5.41) is 37.1. The summed E-state index contributed by atoms with van der Waals surface area (Å²) in [6.07, 6.45) is -1.44. The first-order valence-electron chi connectivity index (χ1n) is 44.1. The number of nitrogens with zero attached hydrogens (tertiary/aromatic N) is 3. The van der Waals surface area contributed by atoms with E-state index in [2.05, 4.69) is 92.9 Å². The van der Waals surface area contributed by atoms with Crippen molar-refractivity contribution in [2.75, 3.05) is 46.5 Å². The summed E-state index contributed by atoms with van der Waals surface area (Å²) >= 11 is 0. The summed E-state index contributed by atoms with van der Waals surface area (Å²) in [4.78, 5) is 268. The number of ether oxygens (including phenoxy) is 2. The van der Waals surface area contributed by atoms with Crippen molar-refractivity contribution in [1.82, 2.24) is 84.0 Å². The van der Waals surface area contributed by atoms with Crippen LogP contribution < -0.4 is 91.1 Å². The van der Waals surface area contributed by atoms with Gasteiger partial charge in [0, 0.05) is 134 Å². The van der Waals surface area contributed by atoms with E-state index < -0.39 is 227 Å². The molecular weight excluding hydrogens is 1870 g/mol. The highest BCUT2D eigenvalue weighted by molar-refractivity contribution is 8.77. The predicted molar refractivity (Wildman–Crippen MR) is 517 cm³/mol. The Kier molecular flexibility index (Phi) is 42.0. The molecule has 20 N–H and O–H groups in total. The molecule has 2 unspecified atom stereocenters. The number of nitrogens with two attached hydrogens (primary N) is 3. The molecule has 42 nitrogen and oxygen atoms in total. The highest BCUT2D eigenvalue weighted by Gasteiger charge is 2.49. The quantitative estimate of drug-likeness (QED) is 0.0139. The average Bonchev–Trinajstić information content (AvgIpc) is 1.57. The molecule has 2 aliphatic rings. The Hall–Kier alpha value is -12.3. The van der Waals surface area contributed by atoms with Crippen molar-refractivity contribution in [3.05, 3.63) is 143 Å². The zero-order valence-corrected chi connectivity index (χ0v) is 82.3. The van der Waals surface area contributed by atoms with Crippen LogP contribution in [0.5, 0.6) is 5.75 Å². The first kappa shape index (κ1) is 110. The lowest BCUT2D eigenvalue weighted by Gasteiger charge is -2.39. The van der Waals surface area contributed by atoms with Crippen molar-refractivity contribution in [2.24, 2.45) is 21.9 Å². The maximum atomic E-state index is 16.4. The number of H-pyrrole nitrogens is 1. The SMILES string of the molecule is CC(=O)NCCCC[C@@H]1NC(=O)[C@H](Cc2c[nH]c3c(C)cccc23)NC(=O)[C@H]([C@@H](C)OP)NC(=O)[C@H](CC(N)=O)NC(=O)[C@@H](NC(C)=O)C(C)(C)SSC(C)(C)[C@@H](C(=O)N[C@@H](Cc2ccc(OCCN=P)cc2)C(=O)N[C@@H](Cc2ccc3ccccc3c2)C(=O)NC2(C(=O)N[C@@H](CCC(=O)OP)C(=O)N[C@@H](CC(N)=O)C(=O)N[C@@H](Cc3cccnc3)C(=O)N(C)CC(N)=O)CCOCC2)NC1=O. The number of hydrogen-bond acceptors (Lipinski definition) is 26. The van der Waals surface area contributed by atoms with Gasteiger partial charge in [-0.1, -0.05) is 100 Å². The number of likely N-dealkylation sites (N-methyl/N-ethyl adjacent to an activating group) is 1. The van der Waals surface area contributed by atoms with Gasteiger partial charge in [0.05, 0.1) is 41.5 Å². The van der Waals surface area contributed by atoms with E-state index in [0.29, 0.717) is 44.3 Å². The van der Waals surface area contributed by atoms with Crippen LogP contribution >= 0.6 is 49.6 Å². The molecule has 2 aliphatic heterocycles. The standard InChI is InChI=1S/C90H121N20O22P3S2/c1-48-16-14-20-59-57(46-96-72(48)59)42-64-79(120)99-60(21-12-13-33-95-50(3)111)77(118)108-75(89(7,8)137-136-88(5,6)74(98-51(4)112)84(125)104-66(44-69(92)114)81(122)107-73(49(2)131-134)83(124)102-64)85(126)103-62(39-52-23-26-58(27-24-52)130-37-34-97-133)78(119)100-63(40-53-22-25-55-18-10-11-19-56(55)38-53)82(123)109-90(30-35-129-36-31-90)87(128)106-61(28-29-71(116)132-135)76(117)101-65(43-68(91)113)80(121)105-67(41-54-17-15-32-94-45-54)86(127)110(9)47-70(93)115/h10-11,14-20,22-27,32,38,45-46,49,60-67,73-75,96,133H,12-13,21,28-31,33-37,39-44,47,134-135H2,1-9H3,(H2,91,113)(H2,92,114)(H2,93,115)(H,95,111)(H,98,112)(H,99,120)(H,100,119)(H,101,117)(H,102,124)(H,103,126)(H,104,125)(H,105,121)(H,106,128)(H,107,122)(H,108,118)(H,109,123)/t49-,60+,61+,62+,63+,64+,65+,66+,67+,73+,74-,75-/m1/s1. The fraction of sp³-hybridized carbons (Fsp3) is 0.478. The molecule has 0 aliphatic carbocycles. The largest absolute Gasteiger partial charge is 0.492 e. The number of hydrogen-bond donors (Lipinski definition) is 17. The third-order valence-electron chi connectivity index (χ3n) is 22.8. The molecule has 740 valence electrons. The van der Waals surface area contributed by atoms with Gasteiger partial charge in [-0.05, 0) is 133 Å². The van der Waals surface area contributed by atoms with Crippen molar-refractivity contribution < 1.29 is 105 Å². The van der Waals surface area contributed by atoms with Crippen molar-refractivity contribution >= 4 is 178 Å². The number of para-hydroxylation sites is 1. The van der Waals surface area contributed by atoms with Crippen molar-refractivity contribution in [1.29, 1.82) is 0 Å². The van der Waals surface area contributed by atoms with E-state index in [1.165, 1.54) is 61.0 Å². The van der Waals surface area contributed by atoms with Gasteiger partial charge < -0.3 is 115 Å². The van der Waals surface area contributed by atoms with E-state index in [-0.39, 0.29) is 90.2 Å². The zero-order chi connectivity index (χ0) is 101. The number of benzene rings is 4. The third-order valence-corrected chi connectivity index (χ3v) is 27.9. The highest BCUT2D eigenvalue weighted by Crippen LogP contribution is 2.47. The van der Waals surface area contributed by atoms with Crippen LogP contribution in [0, 0.1) is 6.92 Å². The van der Waals surface area contributed by atoms with Gasteiger partial charge in [0.15, 0.2) is 0 Å². The molecule has 137 heavy (non-hydrogen) atoms. The normalized spacial score (nSPS) is 19.3. The van der Waals surface area contributed by atoms with Gasteiger partial charge in [-0.3, -0.25) is 96.0 Å². The van der Waals surface area contributed by atoms with Crippen LogP contribution in [0.1, 0.15) is 134 Å². The predicted octanol–water partition coefficient (Wildman–Crippen LogP) is 0.280. The lowest BCUT2D eigenvalue weighted by Crippen LogP contribution is -2.67. The fourth-order valence-electron chi connectivity index (χ4n) is 15.3. The van der Waals surface area contributed by atoms with Crippen molar-refractivity contribution in [3.63, 3.8) is 0 Å². The minimum atomic E-state index is -2.08. The lowest BCUT2D eigenvalue weighted by atomic mass is 9.87. The Morgan fingerprint density at radius 2 is 1.26 bits per heavy atom. The minimum Gasteiger partial charge on any atom is -0.492 e. The lowest BCUT2D eigenvalue weighted by molar-refractivity contribution is -0.142. The Labute approximate surface area is 806 Å². The molecule has 47 heteroatoms. The number of aromatic nitrogens is 2. The Balaban J connectivity index is 1.23. The summed E-state index contributed by atoms with van der Waals surface area (Å²) in [5.74, 6) is -17.4. The number of pyridine rings is 1. The van der Waals surface area contributed by atoms with Crippen LogP contribution in [0.4, 0.5) is 0 Å². The molecule has 2 saturated heterocycles. The summed E-state index contributed by atoms with van der Waals surface area (Å²) in [7, 11) is 9.90. The van der Waals surface area contributed by atoms with Gasteiger partial charge in [0.25, 0.3) is 0 Å². The zero-order valence-electron chi connectivity index (χ0n) is 77.4. The van der Waals surface area contributed by atoms with E-state index >= 15 is 38.4 Å². The highest BCUT2D eigenvalue weighted by atomic mass is 33.1. The van der Waals surface area contributed by atoms with Gasteiger partial charge >= 0.3 is 5.97 Å². The molecule has 14 atom stereocenters. The molecule has 0 bridgehead atoms. The van der Waals surface area contributed by atoms with E-state index in [0.717, 1.165) is 44.4 Å². The summed E-state index contributed by atoms with van der Waals surface area (Å²) in [6.45, 7) is 11.3. The maximum Gasteiger partial charge on any atom is 0.308 e. The molecule has 0 radical (unpaired) electrons. The molecule has 6 aromatic rings. The van der Waals surface area contributed by atoms with Crippen LogP contribution in [-0.4, -0.2) is 255 Å². The van der Waals surface area contributed by atoms with Crippen LogP contribution in [0.3, 0.4) is 0 Å². The topological polar surface area (TPSA) is 623 Å². The molecule has 8 rings (SSSR count). The number of carbonyl (C=O) groups excluding carboxylic acids is 18. The summed E-state index contributed by atoms with van der Waals surface area (Å²) in [5.41, 5.74) is 18.0. The number of aryl methyl sites for hydroxylation is 1. The first-order chi connectivity index (χ1) is 64.9. The second kappa shape index (κ2) is 52.3. The molecule has 4 aromatic carbocycles. The molecule has 0 saturated carbocycles. The number of primary amides is 3. The Bertz CT molecular complexity index is 5390.